The van der Waals surface area contributed by atoms with Crippen LogP contribution in [-0.4, -0.2) is 32.1 Å². The lowest BCUT2D eigenvalue weighted by atomic mass is 9.94. The molecular weight excluding hydrogens is 436 g/mol. The topological polar surface area (TPSA) is 51.0 Å². The van der Waals surface area contributed by atoms with Crippen LogP contribution in [0.25, 0.3) is 22.2 Å². The minimum Gasteiger partial charge on any atom is -0.330 e. The molecule has 3 heterocycles. The predicted molar refractivity (Wildman–Crippen MR) is 113 cm³/mol. The van der Waals surface area contributed by atoms with Crippen LogP contribution in [0.5, 0.6) is 0 Å². The number of aryl methyl sites for hydroxylation is 1. The first-order valence-corrected chi connectivity index (χ1v) is 10.3. The lowest BCUT2D eigenvalue weighted by Crippen LogP contribution is -2.39. The average molecular weight is 454 g/mol. The number of hydrogen-bond donors (Lipinski definition) is 0. The van der Waals surface area contributed by atoms with Crippen molar-refractivity contribution in [3.63, 3.8) is 0 Å². The summed E-state index contributed by atoms with van der Waals surface area (Å²) >= 11 is 0. The quantitative estimate of drug-likeness (QED) is 0.318. The first-order chi connectivity index (χ1) is 15.8. The highest BCUT2D eigenvalue weighted by Crippen LogP contribution is 2.37. The summed E-state index contributed by atoms with van der Waals surface area (Å²) in [5.41, 5.74) is 2.41. The van der Waals surface area contributed by atoms with E-state index in [1.807, 2.05) is 6.92 Å². The molecule has 5 nitrogen and oxygen atoms in total. The molecule has 5 rings (SSSR count). The second kappa shape index (κ2) is 7.68. The third-order valence-electron chi connectivity index (χ3n) is 6.11. The molecule has 0 radical (unpaired) electrons. The second-order valence-electron chi connectivity index (χ2n) is 8.01. The number of fused-ring (bicyclic) bond motifs is 2. The van der Waals surface area contributed by atoms with E-state index < -0.39 is 29.3 Å². The van der Waals surface area contributed by atoms with Gasteiger partial charge in [0.2, 0.25) is 0 Å². The number of amides is 1. The Morgan fingerprint density at radius 2 is 1.79 bits per heavy atom. The molecule has 9 heteroatoms. The van der Waals surface area contributed by atoms with Crippen molar-refractivity contribution in [3.05, 3.63) is 82.7 Å². The van der Waals surface area contributed by atoms with Crippen molar-refractivity contribution in [2.24, 2.45) is 7.05 Å². The van der Waals surface area contributed by atoms with Gasteiger partial charge in [0.05, 0.1) is 23.0 Å². The molecule has 0 saturated carbocycles. The number of carbonyl (C=O) groups is 1. The monoisotopic (exact) mass is 454 g/mol. The normalized spacial score (nSPS) is 15.7. The largest absolute Gasteiger partial charge is 0.330 e. The van der Waals surface area contributed by atoms with Crippen molar-refractivity contribution < 1.29 is 22.4 Å². The number of halogens is 4. The molecule has 2 aromatic carbocycles. The summed E-state index contributed by atoms with van der Waals surface area (Å²) < 4.78 is 56.8. The fourth-order valence-corrected chi connectivity index (χ4v) is 4.56. The van der Waals surface area contributed by atoms with Gasteiger partial charge in [-0.2, -0.15) is 5.10 Å². The van der Waals surface area contributed by atoms with Gasteiger partial charge in [-0.1, -0.05) is 12.1 Å². The summed E-state index contributed by atoms with van der Waals surface area (Å²) in [4.78, 5) is 19.1. The van der Waals surface area contributed by atoms with Crippen molar-refractivity contribution in [1.82, 2.24) is 19.7 Å². The highest BCUT2D eigenvalue weighted by atomic mass is 19.2. The van der Waals surface area contributed by atoms with Crippen LogP contribution in [-0.2, 0) is 13.5 Å². The van der Waals surface area contributed by atoms with Gasteiger partial charge >= 0.3 is 0 Å². The fraction of sp³-hybridized carbons (Fsp3) is 0.208. The van der Waals surface area contributed by atoms with Crippen LogP contribution in [0.15, 0.2) is 42.6 Å². The highest BCUT2D eigenvalue weighted by molar-refractivity contribution is 6.06. The van der Waals surface area contributed by atoms with Crippen molar-refractivity contribution >= 4 is 16.8 Å². The third-order valence-corrected chi connectivity index (χ3v) is 6.11. The molecule has 168 valence electrons. The molecular formula is C24H18F4N4O. The summed E-state index contributed by atoms with van der Waals surface area (Å²) in [5, 5.41) is 4.92. The Kier molecular flexibility index (Phi) is 4.92. The van der Waals surface area contributed by atoms with E-state index in [4.69, 9.17) is 0 Å². The van der Waals surface area contributed by atoms with E-state index in [1.54, 1.807) is 24.1 Å². The van der Waals surface area contributed by atoms with Crippen LogP contribution in [0.1, 0.15) is 34.6 Å². The van der Waals surface area contributed by atoms with Crippen molar-refractivity contribution in [1.29, 1.82) is 0 Å². The van der Waals surface area contributed by atoms with E-state index >= 15 is 0 Å². The maximum absolute atomic E-state index is 14.2. The van der Waals surface area contributed by atoms with Gasteiger partial charge in [0.1, 0.15) is 11.3 Å². The number of nitrogens with zero attached hydrogens (tertiary/aromatic N) is 4. The van der Waals surface area contributed by atoms with Gasteiger partial charge in [0.15, 0.2) is 17.5 Å². The highest BCUT2D eigenvalue weighted by Gasteiger charge is 2.34. The maximum atomic E-state index is 14.2. The van der Waals surface area contributed by atoms with Gasteiger partial charge in [-0.3, -0.25) is 14.5 Å². The molecule has 2 aromatic heterocycles. The second-order valence-corrected chi connectivity index (χ2v) is 8.01. The first kappa shape index (κ1) is 21.1. The van der Waals surface area contributed by atoms with E-state index in [2.05, 4.69) is 10.1 Å². The Labute approximate surface area is 186 Å². The zero-order chi connectivity index (χ0) is 23.4. The minimum atomic E-state index is -1.53. The molecule has 0 aliphatic carbocycles. The Balaban J connectivity index is 1.55. The fourth-order valence-electron chi connectivity index (χ4n) is 4.56. The standard InChI is InChI=1S/C24H18F4N4O/c1-12-21-16(23(31(2)30-21)13-10-18(26)20(28)19(27)11-13)7-9-32(12)24(33)15-6-8-29-22-14(15)4-3-5-17(22)25/h3-6,8,10-12H,7,9H2,1-2H3/t12-/m0/s1. The molecule has 0 spiro atoms. The van der Waals surface area contributed by atoms with E-state index in [0.717, 1.165) is 17.7 Å². The Hall–Kier alpha value is -3.75. The Bertz CT molecular complexity index is 1410. The van der Waals surface area contributed by atoms with Gasteiger partial charge in [-0.05, 0) is 37.6 Å². The van der Waals surface area contributed by atoms with E-state index in [9.17, 15) is 22.4 Å². The first-order valence-electron chi connectivity index (χ1n) is 10.3. The number of carbonyl (C=O) groups excluding carboxylic acids is 1. The Morgan fingerprint density at radius 1 is 1.06 bits per heavy atom. The smallest absolute Gasteiger partial charge is 0.255 e. The van der Waals surface area contributed by atoms with E-state index in [0.29, 0.717) is 35.3 Å². The number of para-hydroxylation sites is 1. The molecule has 0 bridgehead atoms. The van der Waals surface area contributed by atoms with Gasteiger partial charge in [0, 0.05) is 36.3 Å². The molecule has 0 fully saturated rings. The molecule has 4 aromatic rings. The van der Waals surface area contributed by atoms with Crippen molar-refractivity contribution in [2.75, 3.05) is 6.54 Å². The number of aromatic nitrogens is 3. The number of rotatable bonds is 2. The van der Waals surface area contributed by atoms with Crippen LogP contribution >= 0.6 is 0 Å². The van der Waals surface area contributed by atoms with Crippen molar-refractivity contribution in [3.8, 4) is 11.3 Å². The van der Waals surface area contributed by atoms with E-state index in [1.165, 1.54) is 23.0 Å². The molecule has 0 unspecified atom stereocenters. The van der Waals surface area contributed by atoms with Crippen LogP contribution in [0.3, 0.4) is 0 Å². The molecule has 33 heavy (non-hydrogen) atoms. The predicted octanol–water partition coefficient (Wildman–Crippen LogP) is 4.95. The summed E-state index contributed by atoms with van der Waals surface area (Å²) in [6.07, 6.45) is 1.78. The summed E-state index contributed by atoms with van der Waals surface area (Å²) in [6.45, 7) is 2.12. The zero-order valence-corrected chi connectivity index (χ0v) is 17.7. The van der Waals surface area contributed by atoms with Gasteiger partial charge in [0.25, 0.3) is 5.91 Å². The number of pyridine rings is 1. The third kappa shape index (κ3) is 3.26. The zero-order valence-electron chi connectivity index (χ0n) is 17.7. The van der Waals surface area contributed by atoms with Crippen LogP contribution in [0, 0.1) is 23.3 Å². The lowest BCUT2D eigenvalue weighted by molar-refractivity contribution is 0.0675. The summed E-state index contributed by atoms with van der Waals surface area (Å²) in [6, 6.07) is 7.45. The summed E-state index contributed by atoms with van der Waals surface area (Å²) in [7, 11) is 1.63. The summed E-state index contributed by atoms with van der Waals surface area (Å²) in [5.74, 6) is -4.89. The number of hydrogen-bond acceptors (Lipinski definition) is 3. The molecule has 1 amide bonds. The molecule has 0 saturated heterocycles. The van der Waals surface area contributed by atoms with Crippen LogP contribution in [0.2, 0.25) is 0 Å². The van der Waals surface area contributed by atoms with Gasteiger partial charge in [-0.15, -0.1) is 0 Å². The number of benzene rings is 2. The Morgan fingerprint density at radius 3 is 2.52 bits per heavy atom. The minimum absolute atomic E-state index is 0.120. The SMILES string of the molecule is C[C@H]1c2nn(C)c(-c3cc(F)c(F)c(F)c3)c2CCN1C(=O)c1ccnc2c(F)cccc12. The lowest BCUT2D eigenvalue weighted by Gasteiger charge is -2.33. The molecule has 1 aliphatic rings. The molecule has 0 N–H and O–H groups in total. The van der Waals surface area contributed by atoms with Gasteiger partial charge < -0.3 is 4.90 Å². The average Bonchev–Trinajstić information content (AvgIpc) is 3.14. The van der Waals surface area contributed by atoms with Crippen molar-refractivity contribution in [2.45, 2.75) is 19.4 Å². The van der Waals surface area contributed by atoms with E-state index in [-0.39, 0.29) is 17.0 Å². The molecule has 1 atom stereocenters. The molecule has 1 aliphatic heterocycles. The maximum Gasteiger partial charge on any atom is 0.255 e. The van der Waals surface area contributed by atoms with Crippen LogP contribution < -0.4 is 0 Å². The van der Waals surface area contributed by atoms with Gasteiger partial charge in [-0.25, -0.2) is 17.6 Å². The van der Waals surface area contributed by atoms with Crippen LogP contribution in [0.4, 0.5) is 17.6 Å².